The molecule has 116 valence electrons. The number of aryl methyl sites for hydroxylation is 1. The molecular formula is C16H20N4OS. The van der Waals surface area contributed by atoms with E-state index in [0.717, 1.165) is 48.9 Å². The zero-order chi connectivity index (χ0) is 15.4. The van der Waals surface area contributed by atoms with Gasteiger partial charge < -0.3 is 10.2 Å². The van der Waals surface area contributed by atoms with E-state index < -0.39 is 0 Å². The lowest BCUT2D eigenvalue weighted by Crippen LogP contribution is -2.42. The summed E-state index contributed by atoms with van der Waals surface area (Å²) in [5.41, 5.74) is 0.769. The average Bonchev–Trinajstić information content (AvgIpc) is 3.03. The van der Waals surface area contributed by atoms with Crippen molar-refractivity contribution in [1.29, 1.82) is 0 Å². The van der Waals surface area contributed by atoms with Gasteiger partial charge in [0, 0.05) is 42.6 Å². The fourth-order valence-corrected chi connectivity index (χ4v) is 3.35. The van der Waals surface area contributed by atoms with Gasteiger partial charge in [-0.15, -0.1) is 0 Å². The van der Waals surface area contributed by atoms with E-state index in [9.17, 15) is 4.79 Å². The number of carbonyl (C=O) groups is 1. The van der Waals surface area contributed by atoms with Crippen molar-refractivity contribution in [3.8, 4) is 0 Å². The molecule has 0 atom stereocenters. The van der Waals surface area contributed by atoms with Crippen LogP contribution in [0.4, 0.5) is 5.13 Å². The topological polar surface area (TPSA) is 58.1 Å². The quantitative estimate of drug-likeness (QED) is 0.942. The lowest BCUT2D eigenvalue weighted by atomic mass is 10.0. The van der Waals surface area contributed by atoms with Crippen LogP contribution in [-0.4, -0.2) is 39.3 Å². The Morgan fingerprint density at radius 1 is 1.32 bits per heavy atom. The van der Waals surface area contributed by atoms with Crippen LogP contribution in [0.2, 0.25) is 0 Å². The molecule has 1 aromatic heterocycles. The van der Waals surface area contributed by atoms with Gasteiger partial charge in [0.15, 0.2) is 0 Å². The SMILES string of the molecule is CCc1nsc(NC2CCN(C(=O)c3ccccc3)CC2)n1. The van der Waals surface area contributed by atoms with Gasteiger partial charge in [-0.05, 0) is 25.0 Å². The summed E-state index contributed by atoms with van der Waals surface area (Å²) in [6.07, 6.45) is 2.75. The number of benzene rings is 1. The molecule has 0 unspecified atom stereocenters. The molecule has 0 saturated carbocycles. The zero-order valence-electron chi connectivity index (χ0n) is 12.7. The van der Waals surface area contributed by atoms with Crippen LogP contribution in [0.5, 0.6) is 0 Å². The Morgan fingerprint density at radius 3 is 2.68 bits per heavy atom. The number of rotatable bonds is 4. The fraction of sp³-hybridized carbons (Fsp3) is 0.438. The molecule has 2 heterocycles. The van der Waals surface area contributed by atoms with Gasteiger partial charge >= 0.3 is 0 Å². The van der Waals surface area contributed by atoms with E-state index >= 15 is 0 Å². The second kappa shape index (κ2) is 6.87. The second-order valence-electron chi connectivity index (χ2n) is 5.45. The third kappa shape index (κ3) is 3.44. The molecule has 0 spiro atoms. The van der Waals surface area contributed by atoms with Crippen molar-refractivity contribution >= 4 is 22.6 Å². The third-order valence-electron chi connectivity index (χ3n) is 3.91. The van der Waals surface area contributed by atoms with E-state index in [1.54, 1.807) is 0 Å². The van der Waals surface area contributed by atoms with Crippen molar-refractivity contribution in [2.75, 3.05) is 18.4 Å². The minimum absolute atomic E-state index is 0.128. The summed E-state index contributed by atoms with van der Waals surface area (Å²) in [5, 5.41) is 4.33. The Labute approximate surface area is 134 Å². The minimum atomic E-state index is 0.128. The molecule has 3 rings (SSSR count). The highest BCUT2D eigenvalue weighted by Crippen LogP contribution is 2.19. The van der Waals surface area contributed by atoms with Gasteiger partial charge in [-0.3, -0.25) is 4.79 Å². The fourth-order valence-electron chi connectivity index (χ4n) is 2.62. The molecule has 22 heavy (non-hydrogen) atoms. The molecule has 5 nitrogen and oxygen atoms in total. The molecule has 1 aliphatic rings. The van der Waals surface area contributed by atoms with E-state index in [0.29, 0.717) is 6.04 Å². The number of nitrogens with one attached hydrogen (secondary N) is 1. The molecule has 1 aromatic carbocycles. The Hall–Kier alpha value is -1.95. The second-order valence-corrected chi connectivity index (χ2v) is 6.20. The highest BCUT2D eigenvalue weighted by atomic mass is 32.1. The predicted molar refractivity (Wildman–Crippen MR) is 88.3 cm³/mol. The van der Waals surface area contributed by atoms with Gasteiger partial charge in [0.2, 0.25) is 5.13 Å². The zero-order valence-corrected chi connectivity index (χ0v) is 13.5. The summed E-state index contributed by atoms with van der Waals surface area (Å²) >= 11 is 1.42. The molecule has 2 aromatic rings. The van der Waals surface area contributed by atoms with Crippen LogP contribution in [0.15, 0.2) is 30.3 Å². The smallest absolute Gasteiger partial charge is 0.253 e. The van der Waals surface area contributed by atoms with E-state index in [1.165, 1.54) is 11.5 Å². The Balaban J connectivity index is 1.53. The predicted octanol–water partition coefficient (Wildman–Crippen LogP) is 2.82. The van der Waals surface area contributed by atoms with E-state index in [2.05, 4.69) is 21.6 Å². The maximum Gasteiger partial charge on any atom is 0.253 e. The van der Waals surface area contributed by atoms with Crippen LogP contribution in [0.3, 0.4) is 0 Å². The van der Waals surface area contributed by atoms with Gasteiger partial charge in [-0.2, -0.15) is 4.37 Å². The summed E-state index contributed by atoms with van der Waals surface area (Å²) < 4.78 is 4.29. The van der Waals surface area contributed by atoms with Gasteiger partial charge in [-0.1, -0.05) is 25.1 Å². The molecule has 1 fully saturated rings. The van der Waals surface area contributed by atoms with Crippen LogP contribution in [0, 0.1) is 0 Å². The van der Waals surface area contributed by atoms with Crippen LogP contribution in [0.1, 0.15) is 35.9 Å². The molecule has 1 N–H and O–H groups in total. The van der Waals surface area contributed by atoms with Crippen LogP contribution < -0.4 is 5.32 Å². The number of hydrogen-bond donors (Lipinski definition) is 1. The van der Waals surface area contributed by atoms with E-state index in [-0.39, 0.29) is 5.91 Å². The molecule has 6 heteroatoms. The minimum Gasteiger partial charge on any atom is -0.357 e. The number of nitrogens with zero attached hydrogens (tertiary/aromatic N) is 3. The Bertz CT molecular complexity index is 620. The number of aromatic nitrogens is 2. The summed E-state index contributed by atoms with van der Waals surface area (Å²) in [5.74, 6) is 1.02. The molecule has 0 radical (unpaired) electrons. The van der Waals surface area contributed by atoms with Crippen molar-refractivity contribution in [2.45, 2.75) is 32.2 Å². The first-order valence-electron chi connectivity index (χ1n) is 7.69. The first-order chi connectivity index (χ1) is 10.8. The number of carbonyl (C=O) groups excluding carboxylic acids is 1. The van der Waals surface area contributed by atoms with Crippen LogP contribution in [-0.2, 0) is 6.42 Å². The van der Waals surface area contributed by atoms with Crippen molar-refractivity contribution < 1.29 is 4.79 Å². The summed E-state index contributed by atoms with van der Waals surface area (Å²) in [6.45, 7) is 3.62. The first kappa shape index (κ1) is 15.0. The van der Waals surface area contributed by atoms with Gasteiger partial charge in [0.25, 0.3) is 5.91 Å². The monoisotopic (exact) mass is 316 g/mol. The summed E-state index contributed by atoms with van der Waals surface area (Å²) in [6, 6.07) is 9.86. The Morgan fingerprint density at radius 2 is 2.05 bits per heavy atom. The highest BCUT2D eigenvalue weighted by molar-refractivity contribution is 7.09. The molecule has 1 saturated heterocycles. The number of likely N-dealkylation sites (tertiary alicyclic amines) is 1. The van der Waals surface area contributed by atoms with Crippen molar-refractivity contribution in [2.24, 2.45) is 0 Å². The number of piperidine rings is 1. The maximum atomic E-state index is 12.4. The lowest BCUT2D eigenvalue weighted by molar-refractivity contribution is 0.0718. The molecular weight excluding hydrogens is 296 g/mol. The Kier molecular flexibility index (Phi) is 4.68. The number of hydrogen-bond acceptors (Lipinski definition) is 5. The normalized spacial score (nSPS) is 15.8. The molecule has 0 aliphatic carbocycles. The molecule has 1 aliphatic heterocycles. The third-order valence-corrected chi connectivity index (χ3v) is 4.60. The van der Waals surface area contributed by atoms with Crippen molar-refractivity contribution in [3.05, 3.63) is 41.7 Å². The van der Waals surface area contributed by atoms with E-state index in [4.69, 9.17) is 0 Å². The molecule has 0 bridgehead atoms. The van der Waals surface area contributed by atoms with Crippen molar-refractivity contribution in [1.82, 2.24) is 14.3 Å². The van der Waals surface area contributed by atoms with E-state index in [1.807, 2.05) is 35.2 Å². The van der Waals surface area contributed by atoms with Gasteiger partial charge in [0.1, 0.15) is 5.82 Å². The van der Waals surface area contributed by atoms with Gasteiger partial charge in [-0.25, -0.2) is 4.98 Å². The first-order valence-corrected chi connectivity index (χ1v) is 8.47. The average molecular weight is 316 g/mol. The maximum absolute atomic E-state index is 12.4. The number of amides is 1. The summed E-state index contributed by atoms with van der Waals surface area (Å²) in [4.78, 5) is 18.8. The largest absolute Gasteiger partial charge is 0.357 e. The standard InChI is InChI=1S/C16H20N4OS/c1-2-14-18-16(22-19-14)17-13-8-10-20(11-9-13)15(21)12-6-4-3-5-7-12/h3-7,13H,2,8-11H2,1H3,(H,17,18,19). The molecule has 1 amide bonds. The van der Waals surface area contributed by atoms with Crippen LogP contribution in [0.25, 0.3) is 0 Å². The number of anilines is 1. The van der Waals surface area contributed by atoms with Gasteiger partial charge in [0.05, 0.1) is 0 Å². The highest BCUT2D eigenvalue weighted by Gasteiger charge is 2.24. The van der Waals surface area contributed by atoms with Crippen molar-refractivity contribution in [3.63, 3.8) is 0 Å². The summed E-state index contributed by atoms with van der Waals surface area (Å²) in [7, 11) is 0. The lowest BCUT2D eigenvalue weighted by Gasteiger charge is -2.32. The van der Waals surface area contributed by atoms with Crippen LogP contribution >= 0.6 is 11.5 Å².